The minimum Gasteiger partial charge on any atom is -0.496 e. The highest BCUT2D eigenvalue weighted by Crippen LogP contribution is 2.39. The van der Waals surface area contributed by atoms with E-state index in [2.05, 4.69) is 0 Å². The normalized spacial score (nSPS) is 26.3. The number of methoxy groups -OCH3 is 1. The van der Waals surface area contributed by atoms with Crippen LogP contribution in [0.3, 0.4) is 0 Å². The lowest BCUT2D eigenvalue weighted by atomic mass is 9.55. The summed E-state index contributed by atoms with van der Waals surface area (Å²) in [6, 6.07) is 0. The molecule has 0 fully saturated rings. The number of allylic oxidation sites excluding steroid dienone is 3. The van der Waals surface area contributed by atoms with E-state index in [1.54, 1.807) is 13.0 Å². The molecule has 0 amide bonds. The molecule has 0 aromatic rings. The minimum atomic E-state index is -1.48. The lowest BCUT2D eigenvalue weighted by Crippen LogP contribution is -2.30. The van der Waals surface area contributed by atoms with Crippen LogP contribution in [-0.4, -0.2) is 30.6 Å². The highest BCUT2D eigenvalue weighted by atomic mass is 16.5. The summed E-state index contributed by atoms with van der Waals surface area (Å²) < 4.78 is 4.97. The molecule has 2 N–H and O–H groups in total. The molecule has 0 spiro atoms. The number of ether oxygens (including phenoxy) is 1. The van der Waals surface area contributed by atoms with Crippen molar-refractivity contribution < 1.29 is 19.6 Å². The molecule has 1 unspecified atom stereocenters. The Morgan fingerprint density at radius 1 is 1.64 bits per heavy atom. The molecular weight excluding hydrogens is 183 g/mol. The van der Waals surface area contributed by atoms with Crippen LogP contribution in [0.2, 0.25) is 5.31 Å². The zero-order valence-corrected chi connectivity index (χ0v) is 8.23. The molecule has 1 rings (SSSR count). The highest BCUT2D eigenvalue weighted by molar-refractivity contribution is 6.46. The van der Waals surface area contributed by atoms with Crippen molar-refractivity contribution in [2.24, 2.45) is 0 Å². The summed E-state index contributed by atoms with van der Waals surface area (Å²) in [5.41, 5.74) is 0.356. The van der Waals surface area contributed by atoms with Crippen LogP contribution in [0.5, 0.6) is 0 Å². The van der Waals surface area contributed by atoms with Crippen LogP contribution < -0.4 is 0 Å². The molecule has 0 saturated heterocycles. The molecule has 5 heteroatoms. The van der Waals surface area contributed by atoms with Gasteiger partial charge < -0.3 is 14.8 Å². The maximum absolute atomic E-state index is 10.7. The van der Waals surface area contributed by atoms with Crippen LogP contribution in [0.25, 0.3) is 0 Å². The molecule has 4 nitrogen and oxygen atoms in total. The van der Waals surface area contributed by atoms with Gasteiger partial charge in [0, 0.05) is 5.31 Å². The maximum atomic E-state index is 10.7. The summed E-state index contributed by atoms with van der Waals surface area (Å²) in [7, 11) is -0.00611. The van der Waals surface area contributed by atoms with Crippen molar-refractivity contribution >= 4 is 13.4 Å². The first-order valence-electron chi connectivity index (χ1n) is 4.32. The van der Waals surface area contributed by atoms with Crippen molar-refractivity contribution in [3.63, 3.8) is 0 Å². The highest BCUT2D eigenvalue weighted by Gasteiger charge is 2.37. The second kappa shape index (κ2) is 3.98. The van der Waals surface area contributed by atoms with E-state index in [0.29, 0.717) is 24.0 Å². The van der Waals surface area contributed by atoms with Gasteiger partial charge in [0.15, 0.2) is 6.29 Å². The average Bonchev–Trinajstić information content (AvgIpc) is 2.17. The van der Waals surface area contributed by atoms with Crippen LogP contribution in [0.15, 0.2) is 23.5 Å². The predicted molar refractivity (Wildman–Crippen MR) is 52.4 cm³/mol. The van der Waals surface area contributed by atoms with Gasteiger partial charge in [-0.3, -0.25) is 4.79 Å². The number of aldehydes is 1. The van der Waals surface area contributed by atoms with E-state index in [1.165, 1.54) is 13.2 Å². The van der Waals surface area contributed by atoms with Crippen molar-refractivity contribution in [2.45, 2.75) is 18.7 Å². The molecule has 0 heterocycles. The Labute approximate surface area is 83.0 Å². The molecule has 14 heavy (non-hydrogen) atoms. The van der Waals surface area contributed by atoms with Crippen LogP contribution in [-0.2, 0) is 9.53 Å². The van der Waals surface area contributed by atoms with E-state index in [0.717, 1.165) is 0 Å². The van der Waals surface area contributed by atoms with Gasteiger partial charge in [0.25, 0.3) is 0 Å². The molecule has 0 aromatic carbocycles. The third-order valence-electron chi connectivity index (χ3n) is 2.43. The molecule has 0 radical (unpaired) electrons. The van der Waals surface area contributed by atoms with Gasteiger partial charge in [-0.25, -0.2) is 0 Å². The van der Waals surface area contributed by atoms with E-state index in [1.807, 2.05) is 0 Å². The maximum Gasteiger partial charge on any atom is 0.462 e. The number of carbonyl (C=O) groups excluding carboxylic acids is 1. The lowest BCUT2D eigenvalue weighted by Gasteiger charge is -2.27. The monoisotopic (exact) mass is 196 g/mol. The molecule has 0 bridgehead atoms. The molecule has 1 atom stereocenters. The summed E-state index contributed by atoms with van der Waals surface area (Å²) in [5.74, 6) is 0.484. The Bertz CT molecular complexity index is 295. The number of hydrogen-bond acceptors (Lipinski definition) is 4. The van der Waals surface area contributed by atoms with Gasteiger partial charge in [-0.05, 0) is 12.5 Å². The Balaban J connectivity index is 2.99. The van der Waals surface area contributed by atoms with Crippen molar-refractivity contribution in [2.75, 3.05) is 7.11 Å². The number of carbonyl (C=O) groups is 1. The largest absolute Gasteiger partial charge is 0.496 e. The van der Waals surface area contributed by atoms with Gasteiger partial charge in [0.2, 0.25) is 0 Å². The van der Waals surface area contributed by atoms with Gasteiger partial charge in [-0.1, -0.05) is 13.0 Å². The van der Waals surface area contributed by atoms with Crippen LogP contribution in [0, 0.1) is 0 Å². The fourth-order valence-corrected chi connectivity index (χ4v) is 1.39. The lowest BCUT2D eigenvalue weighted by molar-refractivity contribution is -0.105. The number of hydrogen-bond donors (Lipinski definition) is 2. The SMILES string of the molecule is COC1=CCC(C)(B(O)O)C=C1C=O. The quantitative estimate of drug-likeness (QED) is 0.502. The summed E-state index contributed by atoms with van der Waals surface area (Å²) in [5, 5.41) is 17.5. The van der Waals surface area contributed by atoms with Gasteiger partial charge in [-0.2, -0.15) is 0 Å². The Morgan fingerprint density at radius 3 is 2.71 bits per heavy atom. The van der Waals surface area contributed by atoms with Crippen molar-refractivity contribution in [1.29, 1.82) is 0 Å². The van der Waals surface area contributed by atoms with E-state index in [-0.39, 0.29) is 0 Å². The fourth-order valence-electron chi connectivity index (χ4n) is 1.39. The molecule has 0 saturated carbocycles. The average molecular weight is 196 g/mol. The topological polar surface area (TPSA) is 66.8 Å². The van der Waals surface area contributed by atoms with Gasteiger partial charge in [0.1, 0.15) is 5.76 Å². The zero-order valence-electron chi connectivity index (χ0n) is 8.23. The first-order chi connectivity index (χ1) is 6.53. The fraction of sp³-hybridized carbons (Fsp3) is 0.444. The molecule has 0 aliphatic heterocycles. The van der Waals surface area contributed by atoms with E-state index < -0.39 is 12.4 Å². The van der Waals surface area contributed by atoms with E-state index in [9.17, 15) is 4.79 Å². The van der Waals surface area contributed by atoms with Gasteiger partial charge in [0.05, 0.1) is 12.7 Å². The minimum absolute atomic E-state index is 0.356. The first-order valence-corrected chi connectivity index (χ1v) is 4.32. The molecule has 1 aliphatic rings. The Kier molecular flexibility index (Phi) is 3.13. The van der Waals surface area contributed by atoms with Crippen molar-refractivity contribution in [3.05, 3.63) is 23.5 Å². The van der Waals surface area contributed by atoms with Crippen LogP contribution in [0.4, 0.5) is 0 Å². The Morgan fingerprint density at radius 2 is 2.29 bits per heavy atom. The zero-order chi connectivity index (χ0) is 10.8. The van der Waals surface area contributed by atoms with E-state index >= 15 is 0 Å². The van der Waals surface area contributed by atoms with Gasteiger partial charge >= 0.3 is 7.12 Å². The van der Waals surface area contributed by atoms with Crippen LogP contribution in [0.1, 0.15) is 13.3 Å². The van der Waals surface area contributed by atoms with Crippen molar-refractivity contribution in [1.82, 2.24) is 0 Å². The van der Waals surface area contributed by atoms with Crippen molar-refractivity contribution in [3.8, 4) is 0 Å². The molecule has 0 aromatic heterocycles. The third kappa shape index (κ3) is 1.88. The molecule has 1 aliphatic carbocycles. The summed E-state index contributed by atoms with van der Waals surface area (Å²) >= 11 is 0. The molecule has 76 valence electrons. The summed E-state index contributed by atoms with van der Waals surface area (Å²) in [6.45, 7) is 1.67. The second-order valence-corrected chi connectivity index (χ2v) is 3.57. The van der Waals surface area contributed by atoms with Gasteiger partial charge in [-0.15, -0.1) is 0 Å². The standard InChI is InChI=1S/C9H13BO4/c1-9(10(12)13)4-3-8(14-2)7(5-9)6-11/h3,5-6,12-13H,4H2,1-2H3. The smallest absolute Gasteiger partial charge is 0.462 e. The van der Waals surface area contributed by atoms with Crippen LogP contribution >= 0.6 is 0 Å². The second-order valence-electron chi connectivity index (χ2n) is 3.57. The number of rotatable bonds is 3. The summed E-state index contributed by atoms with van der Waals surface area (Å²) in [6.07, 6.45) is 4.30. The molecular formula is C9H13BO4. The Hall–Kier alpha value is -1.07. The third-order valence-corrected chi connectivity index (χ3v) is 2.43. The summed E-state index contributed by atoms with van der Waals surface area (Å²) in [4.78, 5) is 10.7. The first kappa shape index (κ1) is 11.0. The predicted octanol–water partition coefficient (Wildman–Crippen LogP) is 0.279. The van der Waals surface area contributed by atoms with E-state index in [4.69, 9.17) is 14.8 Å².